The normalized spacial score (nSPS) is 8.15. The Morgan fingerprint density at radius 3 is 2.23 bits per heavy atom. The molecule has 13 heavy (non-hydrogen) atoms. The van der Waals surface area contributed by atoms with Crippen molar-refractivity contribution in [2.45, 2.75) is 0 Å². The summed E-state index contributed by atoms with van der Waals surface area (Å²) in [5.41, 5.74) is 6.31. The average Bonchev–Trinajstić information content (AvgIpc) is 2.21. The predicted molar refractivity (Wildman–Crippen MR) is 46.6 cm³/mol. The molecule has 0 fully saturated rings. The van der Waals surface area contributed by atoms with Gasteiger partial charge in [0.15, 0.2) is 5.57 Å². The highest BCUT2D eigenvalue weighted by molar-refractivity contribution is 5.72. The van der Waals surface area contributed by atoms with Gasteiger partial charge in [0.05, 0.1) is 5.70 Å². The maximum atomic E-state index is 8.53. The minimum Gasteiger partial charge on any atom is -0.397 e. The van der Waals surface area contributed by atoms with E-state index < -0.39 is 0 Å². The van der Waals surface area contributed by atoms with Crippen molar-refractivity contribution in [1.29, 1.82) is 10.5 Å². The SMILES string of the molecule is N#CC(C#N)=C(N)c1ccncc1. The Hall–Kier alpha value is -2.33. The zero-order valence-electron chi connectivity index (χ0n) is 6.73. The van der Waals surface area contributed by atoms with E-state index in [9.17, 15) is 0 Å². The summed E-state index contributed by atoms with van der Waals surface area (Å²) in [6.45, 7) is 0. The molecule has 0 aliphatic carbocycles. The minimum absolute atomic E-state index is 0.0776. The molecule has 1 aromatic heterocycles. The van der Waals surface area contributed by atoms with Crippen LogP contribution in [0.2, 0.25) is 0 Å². The van der Waals surface area contributed by atoms with Gasteiger partial charge in [0.2, 0.25) is 0 Å². The summed E-state index contributed by atoms with van der Waals surface area (Å²) < 4.78 is 0. The van der Waals surface area contributed by atoms with E-state index in [1.807, 2.05) is 0 Å². The molecule has 2 N–H and O–H groups in total. The number of rotatable bonds is 1. The first-order valence-electron chi connectivity index (χ1n) is 3.50. The van der Waals surface area contributed by atoms with E-state index >= 15 is 0 Å². The Morgan fingerprint density at radius 2 is 1.77 bits per heavy atom. The Labute approximate surface area is 75.5 Å². The van der Waals surface area contributed by atoms with Crippen molar-refractivity contribution in [3.63, 3.8) is 0 Å². The van der Waals surface area contributed by atoms with E-state index in [-0.39, 0.29) is 11.3 Å². The third kappa shape index (κ3) is 1.82. The fourth-order valence-corrected chi connectivity index (χ4v) is 0.821. The van der Waals surface area contributed by atoms with Gasteiger partial charge < -0.3 is 5.73 Å². The summed E-state index contributed by atoms with van der Waals surface area (Å²) >= 11 is 0. The van der Waals surface area contributed by atoms with E-state index in [0.29, 0.717) is 5.56 Å². The van der Waals surface area contributed by atoms with Gasteiger partial charge in [-0.25, -0.2) is 0 Å². The molecule has 62 valence electrons. The second kappa shape index (κ2) is 3.89. The highest BCUT2D eigenvalue weighted by Crippen LogP contribution is 2.10. The quantitative estimate of drug-likeness (QED) is 0.631. The molecule has 0 aliphatic rings. The lowest BCUT2D eigenvalue weighted by atomic mass is 10.1. The Morgan fingerprint density at radius 1 is 1.23 bits per heavy atom. The third-order valence-electron chi connectivity index (χ3n) is 1.48. The molecule has 0 aromatic carbocycles. The number of pyridine rings is 1. The molecular formula is C9H6N4. The molecule has 1 aromatic rings. The zero-order chi connectivity index (χ0) is 9.68. The molecule has 0 spiro atoms. The van der Waals surface area contributed by atoms with Crippen LogP contribution >= 0.6 is 0 Å². The van der Waals surface area contributed by atoms with E-state index in [0.717, 1.165) is 0 Å². The van der Waals surface area contributed by atoms with Gasteiger partial charge in [-0.15, -0.1) is 0 Å². The summed E-state index contributed by atoms with van der Waals surface area (Å²) in [6.07, 6.45) is 3.10. The van der Waals surface area contributed by atoms with Crippen molar-refractivity contribution in [3.8, 4) is 12.1 Å². The second-order valence-electron chi connectivity index (χ2n) is 2.25. The Bertz CT molecular complexity index is 389. The van der Waals surface area contributed by atoms with E-state index in [2.05, 4.69) is 4.98 Å². The number of nitrogens with two attached hydrogens (primary N) is 1. The van der Waals surface area contributed by atoms with Crippen LogP contribution in [0.1, 0.15) is 5.56 Å². The van der Waals surface area contributed by atoms with Gasteiger partial charge in [-0.3, -0.25) is 4.98 Å². The van der Waals surface area contributed by atoms with Crippen LogP contribution in [0.25, 0.3) is 5.70 Å². The second-order valence-corrected chi connectivity index (χ2v) is 2.25. The van der Waals surface area contributed by atoms with Crippen molar-refractivity contribution >= 4 is 5.70 Å². The van der Waals surface area contributed by atoms with Crippen LogP contribution in [0.4, 0.5) is 0 Å². The molecule has 0 radical (unpaired) electrons. The number of hydrogen-bond acceptors (Lipinski definition) is 4. The summed E-state index contributed by atoms with van der Waals surface area (Å²) in [5, 5.41) is 17.1. The lowest BCUT2D eigenvalue weighted by Gasteiger charge is -1.98. The van der Waals surface area contributed by atoms with Crippen LogP contribution in [0.15, 0.2) is 30.1 Å². The standard InChI is InChI=1S/C9H6N4/c10-5-8(6-11)9(12)7-1-3-13-4-2-7/h1-4H,12H2. The topological polar surface area (TPSA) is 86.5 Å². The van der Waals surface area contributed by atoms with Crippen molar-refractivity contribution < 1.29 is 0 Å². The molecule has 1 rings (SSSR count). The van der Waals surface area contributed by atoms with Gasteiger partial charge >= 0.3 is 0 Å². The first-order chi connectivity index (χ1) is 6.29. The van der Waals surface area contributed by atoms with Crippen LogP contribution in [-0.2, 0) is 0 Å². The minimum atomic E-state index is -0.0776. The monoisotopic (exact) mass is 170 g/mol. The lowest BCUT2D eigenvalue weighted by molar-refractivity contribution is 1.30. The molecule has 1 heterocycles. The van der Waals surface area contributed by atoms with E-state index in [1.54, 1.807) is 36.7 Å². The zero-order valence-corrected chi connectivity index (χ0v) is 6.73. The maximum Gasteiger partial charge on any atom is 0.153 e. The highest BCUT2D eigenvalue weighted by Gasteiger charge is 2.03. The highest BCUT2D eigenvalue weighted by atomic mass is 14.6. The lowest BCUT2D eigenvalue weighted by Crippen LogP contribution is -1.99. The van der Waals surface area contributed by atoms with Crippen LogP contribution in [0, 0.1) is 22.7 Å². The van der Waals surface area contributed by atoms with Crippen LogP contribution in [0.3, 0.4) is 0 Å². The summed E-state index contributed by atoms with van der Waals surface area (Å²) in [6, 6.07) is 6.73. The van der Waals surface area contributed by atoms with Crippen LogP contribution in [0.5, 0.6) is 0 Å². The van der Waals surface area contributed by atoms with Gasteiger partial charge in [-0.1, -0.05) is 0 Å². The third-order valence-corrected chi connectivity index (χ3v) is 1.48. The first kappa shape index (κ1) is 8.76. The van der Waals surface area contributed by atoms with E-state index in [1.165, 1.54) is 0 Å². The van der Waals surface area contributed by atoms with Crippen molar-refractivity contribution in [2.24, 2.45) is 5.73 Å². The van der Waals surface area contributed by atoms with Crippen molar-refractivity contribution in [2.75, 3.05) is 0 Å². The molecule has 4 nitrogen and oxygen atoms in total. The van der Waals surface area contributed by atoms with Gasteiger partial charge in [0.1, 0.15) is 12.1 Å². The van der Waals surface area contributed by atoms with Crippen molar-refractivity contribution in [1.82, 2.24) is 4.98 Å². The Kier molecular flexibility index (Phi) is 2.62. The van der Waals surface area contributed by atoms with E-state index in [4.69, 9.17) is 16.3 Å². The summed E-state index contributed by atoms with van der Waals surface area (Å²) in [5.74, 6) is 0. The molecule has 0 saturated heterocycles. The molecule has 0 aliphatic heterocycles. The number of nitrogens with zero attached hydrogens (tertiary/aromatic N) is 3. The van der Waals surface area contributed by atoms with Crippen LogP contribution < -0.4 is 5.73 Å². The van der Waals surface area contributed by atoms with Gasteiger partial charge in [-0.2, -0.15) is 10.5 Å². The summed E-state index contributed by atoms with van der Waals surface area (Å²) in [7, 11) is 0. The van der Waals surface area contributed by atoms with Crippen molar-refractivity contribution in [3.05, 3.63) is 35.7 Å². The number of aromatic nitrogens is 1. The predicted octanol–water partition coefficient (Wildman–Crippen LogP) is 0.799. The number of allylic oxidation sites excluding steroid dienone is 1. The molecule has 0 amide bonds. The molecular weight excluding hydrogens is 164 g/mol. The number of hydrogen-bond donors (Lipinski definition) is 1. The van der Waals surface area contributed by atoms with Gasteiger partial charge in [0.25, 0.3) is 0 Å². The fourth-order valence-electron chi connectivity index (χ4n) is 0.821. The Balaban J connectivity index is 3.21. The van der Waals surface area contributed by atoms with Gasteiger partial charge in [-0.05, 0) is 12.1 Å². The molecule has 0 unspecified atom stereocenters. The largest absolute Gasteiger partial charge is 0.397 e. The molecule has 0 atom stereocenters. The average molecular weight is 170 g/mol. The number of nitriles is 2. The molecule has 4 heteroatoms. The van der Waals surface area contributed by atoms with Gasteiger partial charge in [0, 0.05) is 18.0 Å². The maximum absolute atomic E-state index is 8.53. The summed E-state index contributed by atoms with van der Waals surface area (Å²) in [4.78, 5) is 3.79. The van der Waals surface area contributed by atoms with Crippen LogP contribution in [-0.4, -0.2) is 4.98 Å². The first-order valence-corrected chi connectivity index (χ1v) is 3.50. The fraction of sp³-hybridized carbons (Fsp3) is 0. The molecule has 0 saturated carbocycles. The smallest absolute Gasteiger partial charge is 0.153 e. The molecule has 0 bridgehead atoms.